The molecule has 0 saturated heterocycles. The van der Waals surface area contributed by atoms with Crippen molar-refractivity contribution in [3.8, 4) is 17.6 Å². The lowest BCUT2D eigenvalue weighted by atomic mass is 9.67. The van der Waals surface area contributed by atoms with E-state index in [1.54, 1.807) is 20.1 Å². The molecule has 1 aromatic carbocycles. The molecule has 2 aliphatic rings. The summed E-state index contributed by atoms with van der Waals surface area (Å²) < 4.78 is 16.6. The second-order valence-electron chi connectivity index (χ2n) is 7.57. The zero-order valence-electron chi connectivity index (χ0n) is 16.5. The van der Waals surface area contributed by atoms with Crippen molar-refractivity contribution in [3.63, 3.8) is 0 Å². The van der Waals surface area contributed by atoms with Gasteiger partial charge in [0.05, 0.1) is 31.3 Å². The van der Waals surface area contributed by atoms with Crippen LogP contribution in [0.25, 0.3) is 0 Å². The summed E-state index contributed by atoms with van der Waals surface area (Å²) in [6.45, 7) is 1.96. The first-order chi connectivity index (χ1) is 13.5. The summed E-state index contributed by atoms with van der Waals surface area (Å²) >= 11 is 0. The summed E-state index contributed by atoms with van der Waals surface area (Å²) in [5.41, 5.74) is -0.223. The molecular weight excluding hydrogens is 358 g/mol. The number of ketones is 1. The number of carbonyl (C=O) groups excluding carboxylic acids is 2. The van der Waals surface area contributed by atoms with E-state index in [1.165, 1.54) is 0 Å². The maximum absolute atomic E-state index is 12.6. The van der Waals surface area contributed by atoms with Crippen molar-refractivity contribution < 1.29 is 23.8 Å². The van der Waals surface area contributed by atoms with Gasteiger partial charge >= 0.3 is 5.97 Å². The standard InChI is InChI=1S/C22H27NO5/c1-3-27-21(25)17-10-11-22(14-23,13-18(17)24)15-8-9-19(26-2)20(12-15)28-16-6-4-5-7-16/h8-9,12,16-17H,3-7,10-11,13H2,1-2H3. The highest BCUT2D eigenvalue weighted by Gasteiger charge is 2.45. The Morgan fingerprint density at radius 2 is 2.00 bits per heavy atom. The Bertz CT molecular complexity index is 778. The molecule has 2 unspecified atom stereocenters. The number of ether oxygens (including phenoxy) is 3. The second-order valence-corrected chi connectivity index (χ2v) is 7.57. The molecule has 0 radical (unpaired) electrons. The van der Waals surface area contributed by atoms with Gasteiger partial charge in [-0.05, 0) is 63.1 Å². The first-order valence-corrected chi connectivity index (χ1v) is 9.98. The number of hydrogen-bond acceptors (Lipinski definition) is 6. The minimum absolute atomic E-state index is 0.00216. The highest BCUT2D eigenvalue weighted by Crippen LogP contribution is 2.43. The molecule has 0 spiro atoms. The molecule has 2 aliphatic carbocycles. The number of hydrogen-bond donors (Lipinski definition) is 0. The average Bonchev–Trinajstić information content (AvgIpc) is 3.21. The van der Waals surface area contributed by atoms with Crippen LogP contribution >= 0.6 is 0 Å². The van der Waals surface area contributed by atoms with Gasteiger partial charge in [-0.3, -0.25) is 9.59 Å². The lowest BCUT2D eigenvalue weighted by Gasteiger charge is -2.33. The van der Waals surface area contributed by atoms with Gasteiger partial charge in [-0.25, -0.2) is 0 Å². The monoisotopic (exact) mass is 385 g/mol. The highest BCUT2D eigenvalue weighted by atomic mass is 16.5. The number of carbonyl (C=O) groups is 2. The lowest BCUT2D eigenvalue weighted by Crippen LogP contribution is -2.40. The average molecular weight is 385 g/mol. The third kappa shape index (κ3) is 3.99. The zero-order chi connectivity index (χ0) is 20.1. The van der Waals surface area contributed by atoms with Crippen LogP contribution in [0.3, 0.4) is 0 Å². The fraction of sp³-hybridized carbons (Fsp3) is 0.591. The summed E-state index contributed by atoms with van der Waals surface area (Å²) in [6, 6.07) is 7.79. The minimum atomic E-state index is -0.958. The fourth-order valence-corrected chi connectivity index (χ4v) is 4.21. The molecule has 6 heteroatoms. The Balaban J connectivity index is 1.85. The van der Waals surface area contributed by atoms with Crippen LogP contribution in [0, 0.1) is 17.2 Å². The number of esters is 1. The molecule has 0 aromatic heterocycles. The van der Waals surface area contributed by atoms with Crippen LogP contribution in [-0.2, 0) is 19.7 Å². The van der Waals surface area contributed by atoms with Gasteiger partial charge in [0.2, 0.25) is 0 Å². The van der Waals surface area contributed by atoms with Gasteiger partial charge in [0.1, 0.15) is 11.7 Å². The van der Waals surface area contributed by atoms with E-state index in [9.17, 15) is 14.9 Å². The maximum atomic E-state index is 12.6. The predicted molar refractivity (Wildman–Crippen MR) is 102 cm³/mol. The first-order valence-electron chi connectivity index (χ1n) is 9.98. The van der Waals surface area contributed by atoms with E-state index < -0.39 is 17.3 Å². The topological polar surface area (TPSA) is 85.6 Å². The second kappa shape index (κ2) is 8.64. The molecule has 1 aromatic rings. The smallest absolute Gasteiger partial charge is 0.316 e. The Labute approximate surface area is 165 Å². The number of rotatable bonds is 6. The van der Waals surface area contributed by atoms with Crippen molar-refractivity contribution in [3.05, 3.63) is 23.8 Å². The summed E-state index contributed by atoms with van der Waals surface area (Å²) in [5, 5.41) is 9.95. The van der Waals surface area contributed by atoms with Crippen molar-refractivity contribution in [2.75, 3.05) is 13.7 Å². The molecular formula is C22H27NO5. The molecule has 0 heterocycles. The normalized spacial score (nSPS) is 25.2. The van der Waals surface area contributed by atoms with Crippen molar-refractivity contribution in [2.24, 2.45) is 5.92 Å². The number of methoxy groups -OCH3 is 1. The van der Waals surface area contributed by atoms with Gasteiger partial charge in [0.25, 0.3) is 0 Å². The van der Waals surface area contributed by atoms with Gasteiger partial charge < -0.3 is 14.2 Å². The molecule has 6 nitrogen and oxygen atoms in total. The van der Waals surface area contributed by atoms with E-state index >= 15 is 0 Å². The van der Waals surface area contributed by atoms with Crippen LogP contribution in [0.5, 0.6) is 11.5 Å². The van der Waals surface area contributed by atoms with E-state index in [-0.39, 0.29) is 24.9 Å². The number of nitriles is 1. The third-order valence-corrected chi connectivity index (χ3v) is 5.82. The quantitative estimate of drug-likeness (QED) is 0.548. The van der Waals surface area contributed by atoms with Gasteiger partial charge in [-0.15, -0.1) is 0 Å². The molecule has 0 bridgehead atoms. The minimum Gasteiger partial charge on any atom is -0.493 e. The molecule has 0 aliphatic heterocycles. The summed E-state index contributed by atoms with van der Waals surface area (Å²) in [5.74, 6) is -0.259. The van der Waals surface area contributed by atoms with Crippen LogP contribution < -0.4 is 9.47 Å². The molecule has 0 N–H and O–H groups in total. The molecule has 2 fully saturated rings. The van der Waals surface area contributed by atoms with Crippen molar-refractivity contribution >= 4 is 11.8 Å². The van der Waals surface area contributed by atoms with Crippen LogP contribution in [0.4, 0.5) is 0 Å². The lowest BCUT2D eigenvalue weighted by molar-refractivity contribution is -0.153. The SMILES string of the molecule is CCOC(=O)C1CCC(C#N)(c2ccc(OC)c(OC3CCCC3)c2)CC1=O. The van der Waals surface area contributed by atoms with Crippen LogP contribution in [0.15, 0.2) is 18.2 Å². The maximum Gasteiger partial charge on any atom is 0.316 e. The van der Waals surface area contributed by atoms with E-state index in [0.717, 1.165) is 31.2 Å². The largest absolute Gasteiger partial charge is 0.493 e. The van der Waals surface area contributed by atoms with Gasteiger partial charge in [-0.1, -0.05) is 6.07 Å². The van der Waals surface area contributed by atoms with Gasteiger partial charge in [-0.2, -0.15) is 5.26 Å². The van der Waals surface area contributed by atoms with Crippen molar-refractivity contribution in [2.45, 2.75) is 63.4 Å². The summed E-state index contributed by atoms with van der Waals surface area (Å²) in [4.78, 5) is 24.7. The summed E-state index contributed by atoms with van der Waals surface area (Å²) in [6.07, 6.45) is 5.22. The first kappa shape index (κ1) is 20.2. The van der Waals surface area contributed by atoms with Crippen LogP contribution in [-0.4, -0.2) is 31.6 Å². The van der Waals surface area contributed by atoms with E-state index in [4.69, 9.17) is 14.2 Å². The third-order valence-electron chi connectivity index (χ3n) is 5.82. The number of nitrogens with zero attached hydrogens (tertiary/aromatic N) is 1. The molecule has 150 valence electrons. The molecule has 3 rings (SSSR count). The molecule has 0 amide bonds. The Morgan fingerprint density at radius 1 is 1.25 bits per heavy atom. The molecule has 2 atom stereocenters. The predicted octanol–water partition coefficient (Wildman–Crippen LogP) is 3.71. The molecule has 2 saturated carbocycles. The van der Waals surface area contributed by atoms with E-state index in [0.29, 0.717) is 24.3 Å². The Kier molecular flexibility index (Phi) is 6.23. The van der Waals surface area contributed by atoms with Crippen LogP contribution in [0.1, 0.15) is 57.4 Å². The van der Waals surface area contributed by atoms with Crippen molar-refractivity contribution in [1.29, 1.82) is 5.26 Å². The summed E-state index contributed by atoms with van der Waals surface area (Å²) in [7, 11) is 1.59. The van der Waals surface area contributed by atoms with Crippen molar-refractivity contribution in [1.82, 2.24) is 0 Å². The highest BCUT2D eigenvalue weighted by molar-refractivity contribution is 6.00. The van der Waals surface area contributed by atoms with Gasteiger partial charge in [0, 0.05) is 6.42 Å². The number of Topliss-reactive ketones (excluding diaryl/α,β-unsaturated/α-hetero) is 1. The zero-order valence-corrected chi connectivity index (χ0v) is 16.5. The Hall–Kier alpha value is -2.55. The van der Waals surface area contributed by atoms with E-state index in [2.05, 4.69) is 6.07 Å². The molecule has 28 heavy (non-hydrogen) atoms. The Morgan fingerprint density at radius 3 is 2.61 bits per heavy atom. The number of benzene rings is 1. The fourth-order valence-electron chi connectivity index (χ4n) is 4.21. The van der Waals surface area contributed by atoms with E-state index in [1.807, 2.05) is 12.1 Å². The van der Waals surface area contributed by atoms with Crippen LogP contribution in [0.2, 0.25) is 0 Å². The van der Waals surface area contributed by atoms with Gasteiger partial charge in [0.15, 0.2) is 11.5 Å².